The van der Waals surface area contributed by atoms with Crippen LogP contribution in [0.25, 0.3) is 0 Å². The number of nitrogens with zero attached hydrogens (tertiary/aromatic N) is 1. The van der Waals surface area contributed by atoms with Gasteiger partial charge < -0.3 is 25.2 Å². The molecule has 2 aromatic carbocycles. The Kier molecular flexibility index (Phi) is 7.62. The molecule has 1 aliphatic carbocycles. The summed E-state index contributed by atoms with van der Waals surface area (Å²) in [7, 11) is 1.42. The van der Waals surface area contributed by atoms with Crippen LogP contribution in [0.15, 0.2) is 54.7 Å². The molecule has 4 rings (SSSR count). The third-order valence-electron chi connectivity index (χ3n) is 5.94. The van der Waals surface area contributed by atoms with Gasteiger partial charge in [-0.1, -0.05) is 6.07 Å². The van der Waals surface area contributed by atoms with Gasteiger partial charge in [0.05, 0.1) is 13.3 Å². The largest absolute Gasteiger partial charge is 0.507 e. The van der Waals surface area contributed by atoms with Crippen molar-refractivity contribution in [2.75, 3.05) is 7.11 Å². The standard InChI is InChI=1S/C26H25F2N3O5/c1-35-22-4-2-3-21(32)23(22)25(34)31-18-9-7-17(8-10-18)30-24(33)20-13-16(28)14-29-26(20)36-19-11-5-15(27)6-12-19/h2-6,11-14,17-18,32H,7-10H2,1H3,(H,30,33)(H,31,34). The first-order chi connectivity index (χ1) is 17.3. The number of ether oxygens (including phenoxy) is 2. The molecule has 188 valence electrons. The van der Waals surface area contributed by atoms with Gasteiger partial charge in [0.1, 0.15) is 40.0 Å². The normalized spacial score (nSPS) is 17.2. The minimum absolute atomic E-state index is 0.0720. The average Bonchev–Trinajstić information content (AvgIpc) is 2.87. The van der Waals surface area contributed by atoms with Gasteiger partial charge in [0.2, 0.25) is 5.88 Å². The molecule has 3 aromatic rings. The maximum absolute atomic E-state index is 13.9. The number of pyridine rings is 1. The summed E-state index contributed by atoms with van der Waals surface area (Å²) in [6.07, 6.45) is 3.26. The van der Waals surface area contributed by atoms with E-state index in [-0.39, 0.29) is 46.3 Å². The monoisotopic (exact) mass is 497 g/mol. The van der Waals surface area contributed by atoms with Gasteiger partial charge in [0.15, 0.2) is 0 Å². The maximum atomic E-state index is 13.9. The molecule has 0 atom stereocenters. The molecule has 0 bridgehead atoms. The number of hydrogen-bond acceptors (Lipinski definition) is 6. The van der Waals surface area contributed by atoms with Crippen molar-refractivity contribution in [3.63, 3.8) is 0 Å². The predicted molar refractivity (Wildman–Crippen MR) is 126 cm³/mol. The van der Waals surface area contributed by atoms with Crippen molar-refractivity contribution in [2.24, 2.45) is 0 Å². The molecule has 0 unspecified atom stereocenters. The molecule has 0 aliphatic heterocycles. The molecular weight excluding hydrogens is 472 g/mol. The Morgan fingerprint density at radius 2 is 1.58 bits per heavy atom. The topological polar surface area (TPSA) is 110 Å². The van der Waals surface area contributed by atoms with Crippen LogP contribution in [-0.2, 0) is 0 Å². The van der Waals surface area contributed by atoms with Gasteiger partial charge in [-0.2, -0.15) is 0 Å². The number of carbonyl (C=O) groups is 2. The van der Waals surface area contributed by atoms with Crippen molar-refractivity contribution >= 4 is 11.8 Å². The van der Waals surface area contributed by atoms with Crippen LogP contribution in [0.1, 0.15) is 46.4 Å². The van der Waals surface area contributed by atoms with Gasteiger partial charge in [-0.3, -0.25) is 9.59 Å². The lowest BCUT2D eigenvalue weighted by Gasteiger charge is -2.30. The number of nitrogens with one attached hydrogen (secondary N) is 2. The molecule has 1 saturated carbocycles. The fourth-order valence-corrected chi connectivity index (χ4v) is 4.11. The quantitative estimate of drug-likeness (QED) is 0.448. The van der Waals surface area contributed by atoms with E-state index in [0.717, 1.165) is 12.3 Å². The van der Waals surface area contributed by atoms with E-state index in [1.165, 1.54) is 37.4 Å². The fraction of sp³-hybridized carbons (Fsp3) is 0.269. The number of aromatic hydroxyl groups is 1. The number of methoxy groups -OCH3 is 1. The fourth-order valence-electron chi connectivity index (χ4n) is 4.11. The number of benzene rings is 2. The van der Waals surface area contributed by atoms with Gasteiger partial charge >= 0.3 is 0 Å². The smallest absolute Gasteiger partial charge is 0.259 e. The molecule has 1 aliphatic rings. The van der Waals surface area contributed by atoms with Crippen LogP contribution in [-0.4, -0.2) is 41.1 Å². The minimum Gasteiger partial charge on any atom is -0.507 e. The Balaban J connectivity index is 1.36. The van der Waals surface area contributed by atoms with E-state index in [1.807, 2.05) is 0 Å². The molecule has 1 fully saturated rings. The SMILES string of the molecule is COc1cccc(O)c1C(=O)NC1CCC(NC(=O)c2cc(F)cnc2Oc2ccc(F)cc2)CC1. The maximum Gasteiger partial charge on any atom is 0.259 e. The third kappa shape index (κ3) is 5.88. The van der Waals surface area contributed by atoms with Crippen LogP contribution in [0.2, 0.25) is 0 Å². The molecular formula is C26H25F2N3O5. The van der Waals surface area contributed by atoms with Crippen molar-refractivity contribution < 1.29 is 33.0 Å². The molecule has 3 N–H and O–H groups in total. The zero-order valence-electron chi connectivity index (χ0n) is 19.5. The Morgan fingerprint density at radius 1 is 0.944 bits per heavy atom. The average molecular weight is 497 g/mol. The van der Waals surface area contributed by atoms with Crippen molar-refractivity contribution in [2.45, 2.75) is 37.8 Å². The summed E-state index contributed by atoms with van der Waals surface area (Å²) >= 11 is 0. The Bertz CT molecular complexity index is 1240. The molecule has 10 heteroatoms. The summed E-state index contributed by atoms with van der Waals surface area (Å²) in [5.74, 6) is -1.88. The first-order valence-corrected chi connectivity index (χ1v) is 11.4. The molecule has 8 nitrogen and oxygen atoms in total. The van der Waals surface area contributed by atoms with Gasteiger partial charge in [-0.25, -0.2) is 13.8 Å². The Hall–Kier alpha value is -4.21. The second-order valence-corrected chi connectivity index (χ2v) is 8.41. The first kappa shape index (κ1) is 24.9. The highest BCUT2D eigenvalue weighted by atomic mass is 19.1. The molecule has 0 radical (unpaired) electrons. The Labute approximate surface area is 206 Å². The number of amides is 2. The summed E-state index contributed by atoms with van der Waals surface area (Å²) in [5.41, 5.74) is -0.0101. The number of carbonyl (C=O) groups excluding carboxylic acids is 2. The summed E-state index contributed by atoms with van der Waals surface area (Å²) in [6.45, 7) is 0. The lowest BCUT2D eigenvalue weighted by atomic mass is 9.90. The van der Waals surface area contributed by atoms with E-state index in [1.54, 1.807) is 12.1 Å². The summed E-state index contributed by atoms with van der Waals surface area (Å²) in [5, 5.41) is 15.9. The minimum atomic E-state index is -0.697. The molecule has 0 saturated heterocycles. The molecule has 1 aromatic heterocycles. The molecule has 36 heavy (non-hydrogen) atoms. The number of hydrogen-bond donors (Lipinski definition) is 3. The van der Waals surface area contributed by atoms with Crippen LogP contribution < -0.4 is 20.1 Å². The summed E-state index contributed by atoms with van der Waals surface area (Å²) in [4.78, 5) is 29.5. The lowest BCUT2D eigenvalue weighted by molar-refractivity contribution is 0.0886. The number of phenolic OH excluding ortho intramolecular Hbond substituents is 1. The van der Waals surface area contributed by atoms with Crippen molar-refractivity contribution in [3.8, 4) is 23.1 Å². The highest BCUT2D eigenvalue weighted by molar-refractivity contribution is 5.99. The zero-order valence-corrected chi connectivity index (χ0v) is 19.5. The van der Waals surface area contributed by atoms with E-state index in [2.05, 4.69) is 15.6 Å². The second kappa shape index (κ2) is 11.0. The highest BCUT2D eigenvalue weighted by Crippen LogP contribution is 2.29. The highest BCUT2D eigenvalue weighted by Gasteiger charge is 2.27. The number of rotatable bonds is 7. The van der Waals surface area contributed by atoms with E-state index in [4.69, 9.17) is 9.47 Å². The number of halogens is 2. The van der Waals surface area contributed by atoms with E-state index in [0.29, 0.717) is 25.7 Å². The van der Waals surface area contributed by atoms with Crippen LogP contribution in [0.4, 0.5) is 8.78 Å². The summed E-state index contributed by atoms with van der Waals surface area (Å²) < 4.78 is 37.8. The zero-order chi connectivity index (χ0) is 25.7. The van der Waals surface area contributed by atoms with Crippen LogP contribution in [0.5, 0.6) is 23.1 Å². The Morgan fingerprint density at radius 3 is 2.22 bits per heavy atom. The van der Waals surface area contributed by atoms with Crippen LogP contribution in [0.3, 0.4) is 0 Å². The number of aromatic nitrogens is 1. The molecule has 1 heterocycles. The van der Waals surface area contributed by atoms with E-state index >= 15 is 0 Å². The first-order valence-electron chi connectivity index (χ1n) is 11.4. The number of phenols is 1. The summed E-state index contributed by atoms with van der Waals surface area (Å²) in [6, 6.07) is 10.4. The van der Waals surface area contributed by atoms with Gasteiger partial charge in [0, 0.05) is 12.1 Å². The second-order valence-electron chi connectivity index (χ2n) is 8.41. The molecule has 2 amide bonds. The van der Waals surface area contributed by atoms with Crippen molar-refractivity contribution in [1.82, 2.24) is 15.6 Å². The van der Waals surface area contributed by atoms with Gasteiger partial charge in [-0.05, 0) is 68.1 Å². The van der Waals surface area contributed by atoms with Crippen LogP contribution in [0, 0.1) is 11.6 Å². The van der Waals surface area contributed by atoms with Gasteiger partial charge in [0.25, 0.3) is 11.8 Å². The van der Waals surface area contributed by atoms with Crippen molar-refractivity contribution in [3.05, 3.63) is 77.5 Å². The lowest BCUT2D eigenvalue weighted by Crippen LogP contribution is -2.44. The van der Waals surface area contributed by atoms with Crippen molar-refractivity contribution in [1.29, 1.82) is 0 Å². The van der Waals surface area contributed by atoms with Crippen LogP contribution >= 0.6 is 0 Å². The van der Waals surface area contributed by atoms with Gasteiger partial charge in [-0.15, -0.1) is 0 Å². The van der Waals surface area contributed by atoms with E-state index in [9.17, 15) is 23.5 Å². The third-order valence-corrected chi connectivity index (χ3v) is 5.94. The van der Waals surface area contributed by atoms with E-state index < -0.39 is 23.4 Å². The predicted octanol–water partition coefficient (Wildman–Crippen LogP) is 4.34. The molecule has 0 spiro atoms.